The number of rotatable bonds is 12. The van der Waals surface area contributed by atoms with Gasteiger partial charge in [0, 0.05) is 59.1 Å². The Bertz CT molecular complexity index is 499. The van der Waals surface area contributed by atoms with Crippen molar-refractivity contribution in [2.24, 2.45) is 5.92 Å². The molecule has 1 aliphatic heterocycles. The van der Waals surface area contributed by atoms with E-state index in [4.69, 9.17) is 4.74 Å². The molecule has 1 aromatic carbocycles. The summed E-state index contributed by atoms with van der Waals surface area (Å²) >= 11 is 0. The molecule has 4 nitrogen and oxygen atoms in total. The molecule has 1 N–H and O–H groups in total. The van der Waals surface area contributed by atoms with E-state index in [0.717, 1.165) is 51.7 Å². The monoisotopic (exact) mass is 377 g/mol. The first kappa shape index (κ1) is 22.2. The second-order valence-corrected chi connectivity index (χ2v) is 8.46. The predicted molar refractivity (Wildman–Crippen MR) is 119 cm³/mol. The highest BCUT2D eigenvalue weighted by Crippen LogP contribution is 2.18. The maximum atomic E-state index is 5.69. The van der Waals surface area contributed by atoms with Crippen molar-refractivity contribution in [1.29, 1.82) is 0 Å². The van der Waals surface area contributed by atoms with Crippen molar-refractivity contribution in [1.82, 2.24) is 10.2 Å². The zero-order chi connectivity index (χ0) is 19.5. The van der Waals surface area contributed by atoms with E-state index in [0.29, 0.717) is 6.04 Å². The maximum Gasteiger partial charge on any atom is 0.0478 e. The van der Waals surface area contributed by atoms with Gasteiger partial charge >= 0.3 is 0 Å². The molecule has 0 atom stereocenters. The molecule has 0 aliphatic carbocycles. The zero-order valence-corrected chi connectivity index (χ0v) is 18.0. The Kier molecular flexibility index (Phi) is 10.2. The summed E-state index contributed by atoms with van der Waals surface area (Å²) in [7, 11) is 0. The highest BCUT2D eigenvalue weighted by molar-refractivity contribution is 5.48. The highest BCUT2D eigenvalue weighted by Gasteiger charge is 2.18. The van der Waals surface area contributed by atoms with E-state index >= 15 is 0 Å². The van der Waals surface area contributed by atoms with Gasteiger partial charge in [0.05, 0.1) is 0 Å². The zero-order valence-electron chi connectivity index (χ0n) is 18.0. The largest absolute Gasteiger partial charge is 0.381 e. The third-order valence-electron chi connectivity index (χ3n) is 5.39. The van der Waals surface area contributed by atoms with Gasteiger partial charge in [-0.25, -0.2) is 0 Å². The van der Waals surface area contributed by atoms with E-state index in [9.17, 15) is 0 Å². The van der Waals surface area contributed by atoms with Gasteiger partial charge in [0.15, 0.2) is 0 Å². The summed E-state index contributed by atoms with van der Waals surface area (Å²) < 4.78 is 5.69. The molecule has 1 heterocycles. The van der Waals surface area contributed by atoms with Crippen LogP contribution in [-0.2, 0) is 11.3 Å². The molecule has 0 radical (unpaired) electrons. The van der Waals surface area contributed by atoms with E-state index in [1.807, 2.05) is 0 Å². The van der Waals surface area contributed by atoms with Crippen molar-refractivity contribution < 1.29 is 6.16 Å². The smallest absolute Gasteiger partial charge is 0.0478 e. The molecule has 0 spiro atoms. The van der Waals surface area contributed by atoms with Gasteiger partial charge in [-0.3, -0.25) is 4.90 Å². The number of piperazine rings is 1. The molecule has 0 unspecified atom stereocenters. The number of hydrogen-bond donors (Lipinski definition) is 1. The van der Waals surface area contributed by atoms with E-state index in [1.165, 1.54) is 37.2 Å². The maximum absolute atomic E-state index is 5.69. The fourth-order valence-corrected chi connectivity index (χ4v) is 3.55. The minimum Gasteiger partial charge on any atom is -0.381 e. The topological polar surface area (TPSA) is 27.7 Å². The molecule has 1 aliphatic rings. The standard InChI is InChI=1S/C23H41N3O.H2/c1-20(2)7-5-17-27-18-6-12-24-19-22-8-10-23(11-9-22)26-15-13-25(14-16-26)21(3)4;/h8-11,20-21,24H,5-7,12-19H2,1-4H3;1H. The van der Waals surface area contributed by atoms with Crippen molar-refractivity contribution in [3.05, 3.63) is 29.8 Å². The molecule has 1 aromatic rings. The number of nitrogens with zero attached hydrogens (tertiary/aromatic N) is 2. The molecule has 1 saturated heterocycles. The lowest BCUT2D eigenvalue weighted by atomic mass is 10.1. The van der Waals surface area contributed by atoms with Crippen LogP contribution in [0.1, 0.15) is 53.9 Å². The van der Waals surface area contributed by atoms with Crippen LogP contribution in [0.5, 0.6) is 0 Å². The molecule has 2 rings (SSSR count). The Morgan fingerprint density at radius 3 is 2.26 bits per heavy atom. The first-order chi connectivity index (χ1) is 13.1. The van der Waals surface area contributed by atoms with Crippen molar-refractivity contribution in [3.63, 3.8) is 0 Å². The third-order valence-corrected chi connectivity index (χ3v) is 5.39. The van der Waals surface area contributed by atoms with Crippen molar-refractivity contribution in [2.45, 2.75) is 59.5 Å². The summed E-state index contributed by atoms with van der Waals surface area (Å²) in [5.74, 6) is 0.784. The predicted octanol–water partition coefficient (Wildman–Crippen LogP) is 4.40. The molecule has 27 heavy (non-hydrogen) atoms. The number of ether oxygens (including phenoxy) is 1. The second kappa shape index (κ2) is 12.4. The van der Waals surface area contributed by atoms with Crippen molar-refractivity contribution in [2.75, 3.05) is 50.8 Å². The van der Waals surface area contributed by atoms with Gasteiger partial charge in [-0.15, -0.1) is 0 Å². The van der Waals surface area contributed by atoms with Crippen LogP contribution in [0.3, 0.4) is 0 Å². The van der Waals surface area contributed by atoms with E-state index in [-0.39, 0.29) is 1.43 Å². The fourth-order valence-electron chi connectivity index (χ4n) is 3.55. The summed E-state index contributed by atoms with van der Waals surface area (Å²) in [6, 6.07) is 9.74. The van der Waals surface area contributed by atoms with Crippen LogP contribution in [0.25, 0.3) is 0 Å². The Morgan fingerprint density at radius 1 is 0.963 bits per heavy atom. The Labute approximate surface area is 168 Å². The van der Waals surface area contributed by atoms with Crippen LogP contribution in [0.4, 0.5) is 5.69 Å². The number of nitrogens with one attached hydrogen (secondary N) is 1. The van der Waals surface area contributed by atoms with Crippen LogP contribution < -0.4 is 10.2 Å². The molecule has 156 valence electrons. The summed E-state index contributed by atoms with van der Waals surface area (Å²) in [6.45, 7) is 17.4. The van der Waals surface area contributed by atoms with Gasteiger partial charge in [0.25, 0.3) is 0 Å². The third kappa shape index (κ3) is 8.63. The molecule has 0 bridgehead atoms. The van der Waals surface area contributed by atoms with Crippen LogP contribution >= 0.6 is 0 Å². The summed E-state index contributed by atoms with van der Waals surface area (Å²) in [6.07, 6.45) is 3.53. The van der Waals surface area contributed by atoms with Gasteiger partial charge in [-0.2, -0.15) is 0 Å². The lowest BCUT2D eigenvalue weighted by molar-refractivity contribution is 0.125. The minimum absolute atomic E-state index is 0. The lowest BCUT2D eigenvalue weighted by Gasteiger charge is -2.38. The number of hydrogen-bond acceptors (Lipinski definition) is 4. The van der Waals surface area contributed by atoms with E-state index < -0.39 is 0 Å². The van der Waals surface area contributed by atoms with Gasteiger partial charge in [-0.1, -0.05) is 26.0 Å². The first-order valence-electron chi connectivity index (χ1n) is 10.9. The van der Waals surface area contributed by atoms with Gasteiger partial charge in [0.2, 0.25) is 0 Å². The Hall–Kier alpha value is -1.10. The quantitative estimate of drug-likeness (QED) is 0.547. The van der Waals surface area contributed by atoms with Gasteiger partial charge in [-0.05, 0) is 63.3 Å². The minimum atomic E-state index is 0. The fraction of sp³-hybridized carbons (Fsp3) is 0.739. The molecule has 0 amide bonds. The van der Waals surface area contributed by atoms with Gasteiger partial charge < -0.3 is 15.0 Å². The Morgan fingerprint density at radius 2 is 1.63 bits per heavy atom. The summed E-state index contributed by atoms with van der Waals surface area (Å²) in [4.78, 5) is 5.07. The van der Waals surface area contributed by atoms with E-state index in [2.05, 4.69) is 67.1 Å². The van der Waals surface area contributed by atoms with Crippen molar-refractivity contribution in [3.8, 4) is 0 Å². The molecular formula is C23H43N3O. The molecule has 1 fully saturated rings. The second-order valence-electron chi connectivity index (χ2n) is 8.46. The average Bonchev–Trinajstić information content (AvgIpc) is 2.67. The molecule has 0 aromatic heterocycles. The van der Waals surface area contributed by atoms with Crippen LogP contribution in [0.15, 0.2) is 24.3 Å². The van der Waals surface area contributed by atoms with Crippen LogP contribution in [0, 0.1) is 5.92 Å². The van der Waals surface area contributed by atoms with Crippen molar-refractivity contribution >= 4 is 5.69 Å². The summed E-state index contributed by atoms with van der Waals surface area (Å²) in [5.41, 5.74) is 2.72. The SMILES string of the molecule is CC(C)CCCOCCCNCc1ccc(N2CCN(C(C)C)CC2)cc1.[HH]. The molecule has 0 saturated carbocycles. The lowest BCUT2D eigenvalue weighted by Crippen LogP contribution is -2.48. The normalized spacial score (nSPS) is 15.9. The van der Waals surface area contributed by atoms with Crippen LogP contribution in [-0.4, -0.2) is 56.9 Å². The van der Waals surface area contributed by atoms with Gasteiger partial charge in [0.1, 0.15) is 0 Å². The Balaban J connectivity index is 0.00000392. The van der Waals surface area contributed by atoms with Crippen LogP contribution in [0.2, 0.25) is 0 Å². The average molecular weight is 378 g/mol. The molecular weight excluding hydrogens is 334 g/mol. The molecule has 4 heteroatoms. The van der Waals surface area contributed by atoms with E-state index in [1.54, 1.807) is 0 Å². The highest BCUT2D eigenvalue weighted by atomic mass is 16.5. The summed E-state index contributed by atoms with van der Waals surface area (Å²) in [5, 5.41) is 3.53. The number of benzene rings is 1. The first-order valence-corrected chi connectivity index (χ1v) is 10.9. The number of anilines is 1.